The van der Waals surface area contributed by atoms with Crippen molar-refractivity contribution in [1.29, 1.82) is 0 Å². The molecule has 0 amide bonds. The molecular formula is C25H27N5O3S2. The zero-order valence-corrected chi connectivity index (χ0v) is 21.0. The van der Waals surface area contributed by atoms with Crippen molar-refractivity contribution in [3.8, 4) is 11.6 Å². The van der Waals surface area contributed by atoms with Gasteiger partial charge in [-0.05, 0) is 49.4 Å². The molecule has 0 aliphatic carbocycles. The number of aromatic amines is 1. The molecule has 2 aromatic heterocycles. The molecule has 0 radical (unpaired) electrons. The molecule has 5 rings (SSSR count). The van der Waals surface area contributed by atoms with E-state index in [9.17, 15) is 8.42 Å². The number of ether oxygens (including phenoxy) is 1. The van der Waals surface area contributed by atoms with Crippen LogP contribution in [0, 0.1) is 6.92 Å². The van der Waals surface area contributed by atoms with Gasteiger partial charge in [0.1, 0.15) is 5.75 Å². The number of rotatable bonds is 8. The van der Waals surface area contributed by atoms with Crippen molar-refractivity contribution in [2.24, 2.45) is 0 Å². The van der Waals surface area contributed by atoms with E-state index in [0.29, 0.717) is 29.8 Å². The number of fused-ring (bicyclic) bond motifs is 1. The summed E-state index contributed by atoms with van der Waals surface area (Å²) in [5, 5.41) is 4.16. The van der Waals surface area contributed by atoms with E-state index in [1.54, 1.807) is 36.5 Å². The summed E-state index contributed by atoms with van der Waals surface area (Å²) < 4.78 is 31.8. The third-order valence-electron chi connectivity index (χ3n) is 5.81. The van der Waals surface area contributed by atoms with Crippen molar-refractivity contribution in [1.82, 2.24) is 19.9 Å². The molecule has 10 heteroatoms. The molecule has 8 nitrogen and oxygen atoms in total. The average molecular weight is 510 g/mol. The molecule has 3 heterocycles. The van der Waals surface area contributed by atoms with Gasteiger partial charge in [0.15, 0.2) is 9.84 Å². The van der Waals surface area contributed by atoms with E-state index in [1.807, 2.05) is 36.9 Å². The third-order valence-corrected chi connectivity index (χ3v) is 8.44. The SMILES string of the molecule is Cc1cc2cc(Oc3ccnc(Nc4cccc(S(=O)(=O)CCN5CCSCC5)c4)n3)ccc2[nH]1. The number of hydrogen-bond donors (Lipinski definition) is 2. The average Bonchev–Trinajstić information content (AvgIpc) is 3.23. The molecule has 0 bridgehead atoms. The summed E-state index contributed by atoms with van der Waals surface area (Å²) in [5.74, 6) is 3.59. The fourth-order valence-corrected chi connectivity index (χ4v) is 6.29. The van der Waals surface area contributed by atoms with Crippen LogP contribution in [0.4, 0.5) is 11.6 Å². The molecule has 0 unspecified atom stereocenters. The van der Waals surface area contributed by atoms with Crippen LogP contribution >= 0.6 is 11.8 Å². The van der Waals surface area contributed by atoms with Crippen molar-refractivity contribution in [2.45, 2.75) is 11.8 Å². The Kier molecular flexibility index (Phi) is 6.94. The molecule has 1 fully saturated rings. The molecule has 1 saturated heterocycles. The van der Waals surface area contributed by atoms with Crippen LogP contribution in [0.1, 0.15) is 5.69 Å². The Morgan fingerprint density at radius 1 is 1.11 bits per heavy atom. The molecule has 35 heavy (non-hydrogen) atoms. The number of hydrogen-bond acceptors (Lipinski definition) is 8. The summed E-state index contributed by atoms with van der Waals surface area (Å²) in [7, 11) is -3.40. The molecule has 0 spiro atoms. The Balaban J connectivity index is 1.26. The highest BCUT2D eigenvalue weighted by atomic mass is 32.2. The van der Waals surface area contributed by atoms with E-state index in [4.69, 9.17) is 4.74 Å². The van der Waals surface area contributed by atoms with E-state index >= 15 is 0 Å². The topological polar surface area (TPSA) is 100 Å². The standard InChI is InChI=1S/C25H27N5O3S2/c1-18-15-19-16-21(5-6-23(19)27-18)33-24-7-8-26-25(29-24)28-20-3-2-4-22(17-20)35(31,32)14-11-30-9-12-34-13-10-30/h2-8,15-17,27H,9-14H2,1H3,(H,26,28,29). The maximum Gasteiger partial charge on any atom is 0.230 e. The highest BCUT2D eigenvalue weighted by Gasteiger charge is 2.18. The van der Waals surface area contributed by atoms with E-state index < -0.39 is 9.84 Å². The van der Waals surface area contributed by atoms with Crippen molar-refractivity contribution in [3.63, 3.8) is 0 Å². The van der Waals surface area contributed by atoms with Gasteiger partial charge in [-0.15, -0.1) is 0 Å². The number of nitrogens with zero attached hydrogens (tertiary/aromatic N) is 3. The Labute approximate surface area is 209 Å². The zero-order chi connectivity index (χ0) is 24.3. The minimum atomic E-state index is -3.40. The first-order valence-electron chi connectivity index (χ1n) is 11.4. The van der Waals surface area contributed by atoms with E-state index in [0.717, 1.165) is 41.2 Å². The Hall–Kier alpha value is -3.08. The zero-order valence-electron chi connectivity index (χ0n) is 19.4. The predicted molar refractivity (Wildman–Crippen MR) is 141 cm³/mol. The van der Waals surface area contributed by atoms with Crippen LogP contribution in [-0.4, -0.2) is 65.2 Å². The van der Waals surface area contributed by atoms with Crippen molar-refractivity contribution in [3.05, 3.63) is 66.5 Å². The summed E-state index contributed by atoms with van der Waals surface area (Å²) in [6.45, 7) is 4.45. The van der Waals surface area contributed by atoms with Crippen molar-refractivity contribution in [2.75, 3.05) is 42.2 Å². The second kappa shape index (κ2) is 10.3. The molecule has 1 aliphatic rings. The largest absolute Gasteiger partial charge is 0.439 e. The number of H-pyrrole nitrogens is 1. The van der Waals surface area contributed by atoms with Crippen LogP contribution in [0.15, 0.2) is 65.7 Å². The summed E-state index contributed by atoms with van der Waals surface area (Å²) in [6, 6.07) is 16.3. The van der Waals surface area contributed by atoms with Gasteiger partial charge in [-0.25, -0.2) is 13.4 Å². The van der Waals surface area contributed by atoms with Crippen molar-refractivity contribution < 1.29 is 13.2 Å². The Bertz CT molecular complexity index is 1430. The van der Waals surface area contributed by atoms with Crippen LogP contribution in [0.3, 0.4) is 0 Å². The molecule has 1 aliphatic heterocycles. The lowest BCUT2D eigenvalue weighted by Crippen LogP contribution is -2.36. The first kappa shape index (κ1) is 23.7. The number of aromatic nitrogens is 3. The van der Waals surface area contributed by atoms with E-state index in [2.05, 4.69) is 31.2 Å². The first-order chi connectivity index (χ1) is 16.9. The van der Waals surface area contributed by atoms with Crippen LogP contribution < -0.4 is 10.1 Å². The summed E-state index contributed by atoms with van der Waals surface area (Å²) >= 11 is 1.91. The predicted octanol–water partition coefficient (Wildman–Crippen LogP) is 4.62. The number of aryl methyl sites for hydroxylation is 1. The monoisotopic (exact) mass is 509 g/mol. The molecule has 0 saturated carbocycles. The number of thioether (sulfide) groups is 1. The minimum absolute atomic E-state index is 0.103. The van der Waals surface area contributed by atoms with E-state index in [1.165, 1.54) is 0 Å². The van der Waals surface area contributed by atoms with Gasteiger partial charge < -0.3 is 19.9 Å². The van der Waals surface area contributed by atoms with Gasteiger partial charge in [0.05, 0.1) is 10.6 Å². The van der Waals surface area contributed by atoms with Gasteiger partial charge in [0.25, 0.3) is 0 Å². The molecule has 4 aromatic rings. The van der Waals surface area contributed by atoms with Gasteiger partial charge in [-0.3, -0.25) is 0 Å². The first-order valence-corrected chi connectivity index (χ1v) is 14.3. The number of sulfone groups is 1. The number of benzene rings is 2. The Morgan fingerprint density at radius 3 is 2.83 bits per heavy atom. The second-order valence-corrected chi connectivity index (χ2v) is 11.8. The number of nitrogens with one attached hydrogen (secondary N) is 2. The van der Waals surface area contributed by atoms with E-state index in [-0.39, 0.29) is 10.6 Å². The minimum Gasteiger partial charge on any atom is -0.439 e. The van der Waals surface area contributed by atoms with Crippen LogP contribution in [0.5, 0.6) is 11.6 Å². The maximum absolute atomic E-state index is 12.9. The lowest BCUT2D eigenvalue weighted by Gasteiger charge is -2.25. The fraction of sp³-hybridized carbons (Fsp3) is 0.280. The van der Waals surface area contributed by atoms with Gasteiger partial charge in [0.2, 0.25) is 11.8 Å². The van der Waals surface area contributed by atoms with Gasteiger partial charge in [0, 0.05) is 65.7 Å². The molecular weight excluding hydrogens is 482 g/mol. The van der Waals surface area contributed by atoms with Crippen LogP contribution in [0.25, 0.3) is 10.9 Å². The molecule has 0 atom stereocenters. The summed E-state index contributed by atoms with van der Waals surface area (Å²) in [5.41, 5.74) is 2.73. The van der Waals surface area contributed by atoms with Crippen LogP contribution in [-0.2, 0) is 9.84 Å². The highest BCUT2D eigenvalue weighted by molar-refractivity contribution is 7.99. The van der Waals surface area contributed by atoms with Crippen LogP contribution in [0.2, 0.25) is 0 Å². The number of anilines is 2. The summed E-state index contributed by atoms with van der Waals surface area (Å²) in [6.07, 6.45) is 1.60. The fourth-order valence-electron chi connectivity index (χ4n) is 3.99. The lowest BCUT2D eigenvalue weighted by molar-refractivity contribution is 0.320. The van der Waals surface area contributed by atoms with Gasteiger partial charge >= 0.3 is 0 Å². The molecule has 2 N–H and O–H groups in total. The quantitative estimate of drug-likeness (QED) is 0.355. The molecule has 182 valence electrons. The second-order valence-electron chi connectivity index (χ2n) is 8.45. The van der Waals surface area contributed by atoms with Crippen molar-refractivity contribution >= 4 is 44.1 Å². The third kappa shape index (κ3) is 5.95. The van der Waals surface area contributed by atoms with Gasteiger partial charge in [-0.2, -0.15) is 16.7 Å². The summed E-state index contributed by atoms with van der Waals surface area (Å²) in [4.78, 5) is 14.5. The normalized spacial score (nSPS) is 14.8. The smallest absolute Gasteiger partial charge is 0.230 e. The molecule has 2 aromatic carbocycles. The highest BCUT2D eigenvalue weighted by Crippen LogP contribution is 2.26. The lowest BCUT2D eigenvalue weighted by atomic mass is 10.2. The Morgan fingerprint density at radius 2 is 1.97 bits per heavy atom. The van der Waals surface area contributed by atoms with Gasteiger partial charge in [-0.1, -0.05) is 6.07 Å². The maximum atomic E-state index is 12.9.